The normalized spacial score (nSPS) is 17.2. The second-order valence-corrected chi connectivity index (χ2v) is 5.55. The smallest absolute Gasteiger partial charge is 0.237 e. The van der Waals surface area contributed by atoms with Gasteiger partial charge in [-0.3, -0.25) is 9.69 Å². The highest BCUT2D eigenvalue weighted by Crippen LogP contribution is 2.28. The predicted molar refractivity (Wildman–Crippen MR) is 73.9 cm³/mol. The molecule has 1 saturated carbocycles. The Hall–Kier alpha value is -0.680. The molecule has 0 aromatic rings. The van der Waals surface area contributed by atoms with Crippen LogP contribution < -0.4 is 11.1 Å². The molecule has 0 radical (unpaired) electrons. The maximum Gasteiger partial charge on any atom is 0.237 e. The SMILES string of the molecule is CC(C)NC(=O)C(C)N(CCC(N)=S)C1CC1. The Kier molecular flexibility index (Phi) is 5.33. The number of nitrogens with one attached hydrogen (secondary N) is 1. The minimum absolute atomic E-state index is 0.0924. The summed E-state index contributed by atoms with van der Waals surface area (Å²) in [7, 11) is 0. The second kappa shape index (κ2) is 6.31. The van der Waals surface area contributed by atoms with Gasteiger partial charge in [-0.1, -0.05) is 12.2 Å². The molecule has 17 heavy (non-hydrogen) atoms. The third-order valence-electron chi connectivity index (χ3n) is 2.94. The van der Waals surface area contributed by atoms with Crippen LogP contribution in [0.25, 0.3) is 0 Å². The average molecular weight is 257 g/mol. The van der Waals surface area contributed by atoms with Crippen LogP contribution >= 0.6 is 12.2 Å². The number of amides is 1. The minimum atomic E-state index is -0.0979. The van der Waals surface area contributed by atoms with Crippen molar-refractivity contribution >= 4 is 23.1 Å². The van der Waals surface area contributed by atoms with Gasteiger partial charge in [0.2, 0.25) is 5.91 Å². The fourth-order valence-corrected chi connectivity index (χ4v) is 1.98. The molecule has 1 fully saturated rings. The van der Waals surface area contributed by atoms with Gasteiger partial charge in [-0.05, 0) is 33.6 Å². The molecule has 4 nitrogen and oxygen atoms in total. The van der Waals surface area contributed by atoms with E-state index in [-0.39, 0.29) is 18.0 Å². The van der Waals surface area contributed by atoms with E-state index in [4.69, 9.17) is 18.0 Å². The summed E-state index contributed by atoms with van der Waals surface area (Å²) in [4.78, 5) is 14.7. The van der Waals surface area contributed by atoms with Crippen LogP contribution in [0.3, 0.4) is 0 Å². The van der Waals surface area contributed by atoms with Crippen LogP contribution in [0, 0.1) is 0 Å². The van der Waals surface area contributed by atoms with Gasteiger partial charge in [0, 0.05) is 25.0 Å². The van der Waals surface area contributed by atoms with E-state index in [2.05, 4.69) is 10.2 Å². The summed E-state index contributed by atoms with van der Waals surface area (Å²) in [6.07, 6.45) is 3.04. The molecule has 0 bridgehead atoms. The van der Waals surface area contributed by atoms with Crippen LogP contribution in [0.2, 0.25) is 0 Å². The third kappa shape index (κ3) is 5.00. The molecule has 1 aliphatic rings. The zero-order valence-corrected chi connectivity index (χ0v) is 11.7. The number of hydrogen-bond donors (Lipinski definition) is 2. The zero-order valence-electron chi connectivity index (χ0n) is 10.9. The van der Waals surface area contributed by atoms with E-state index in [0.717, 1.165) is 6.54 Å². The Morgan fingerprint density at radius 3 is 2.47 bits per heavy atom. The number of nitrogens with two attached hydrogens (primary N) is 1. The van der Waals surface area contributed by atoms with Crippen LogP contribution in [0.15, 0.2) is 0 Å². The lowest BCUT2D eigenvalue weighted by atomic mass is 10.2. The fraction of sp³-hybridized carbons (Fsp3) is 0.833. The molecule has 0 heterocycles. The van der Waals surface area contributed by atoms with Gasteiger partial charge in [-0.2, -0.15) is 0 Å². The van der Waals surface area contributed by atoms with Crippen molar-refractivity contribution in [1.29, 1.82) is 0 Å². The summed E-state index contributed by atoms with van der Waals surface area (Å²) in [6, 6.07) is 0.623. The molecule has 0 spiro atoms. The highest BCUT2D eigenvalue weighted by molar-refractivity contribution is 7.80. The molecular formula is C12H23N3OS. The first-order valence-electron chi connectivity index (χ1n) is 6.26. The maximum absolute atomic E-state index is 12.0. The van der Waals surface area contributed by atoms with Crippen molar-refractivity contribution in [2.75, 3.05) is 6.54 Å². The summed E-state index contributed by atoms with van der Waals surface area (Å²) < 4.78 is 0. The lowest BCUT2D eigenvalue weighted by molar-refractivity contribution is -0.126. The molecule has 1 atom stereocenters. The average Bonchev–Trinajstić information content (AvgIpc) is 3.00. The van der Waals surface area contributed by atoms with Crippen LogP contribution in [-0.4, -0.2) is 40.5 Å². The van der Waals surface area contributed by atoms with E-state index in [1.165, 1.54) is 12.8 Å². The van der Waals surface area contributed by atoms with E-state index in [1.807, 2.05) is 20.8 Å². The number of hydrogen-bond acceptors (Lipinski definition) is 3. The Morgan fingerprint density at radius 2 is 2.06 bits per heavy atom. The summed E-state index contributed by atoms with van der Waals surface area (Å²) in [6.45, 7) is 6.68. The predicted octanol–water partition coefficient (Wildman–Crippen LogP) is 1.04. The van der Waals surface area contributed by atoms with Gasteiger partial charge in [-0.25, -0.2) is 0 Å². The summed E-state index contributed by atoms with van der Waals surface area (Å²) in [5.74, 6) is 0.0924. The highest BCUT2D eigenvalue weighted by atomic mass is 32.1. The first-order valence-corrected chi connectivity index (χ1v) is 6.67. The van der Waals surface area contributed by atoms with E-state index < -0.39 is 0 Å². The molecule has 0 saturated heterocycles. The molecule has 0 aliphatic heterocycles. The van der Waals surface area contributed by atoms with Gasteiger partial charge in [0.05, 0.1) is 11.0 Å². The van der Waals surface area contributed by atoms with Crippen molar-refractivity contribution in [3.05, 3.63) is 0 Å². The standard InChI is InChI=1S/C12H23N3OS/c1-8(2)14-12(16)9(3)15(10-4-5-10)7-6-11(13)17/h8-10H,4-7H2,1-3H3,(H2,13,17)(H,14,16). The first-order chi connectivity index (χ1) is 7.91. The quantitative estimate of drug-likeness (QED) is 0.669. The fourth-order valence-electron chi connectivity index (χ4n) is 1.89. The summed E-state index contributed by atoms with van der Waals surface area (Å²) >= 11 is 4.89. The van der Waals surface area contributed by atoms with Crippen molar-refractivity contribution < 1.29 is 4.79 Å². The maximum atomic E-state index is 12.0. The molecule has 1 unspecified atom stereocenters. The van der Waals surface area contributed by atoms with Gasteiger partial charge in [0.1, 0.15) is 0 Å². The number of carbonyl (C=O) groups excluding carboxylic acids is 1. The number of nitrogens with zero attached hydrogens (tertiary/aromatic N) is 1. The lowest BCUT2D eigenvalue weighted by Crippen LogP contribution is -2.48. The molecule has 1 aliphatic carbocycles. The van der Waals surface area contributed by atoms with Crippen LogP contribution in [0.4, 0.5) is 0 Å². The van der Waals surface area contributed by atoms with Crippen LogP contribution in [0.1, 0.15) is 40.0 Å². The van der Waals surface area contributed by atoms with E-state index >= 15 is 0 Å². The molecule has 3 N–H and O–H groups in total. The van der Waals surface area contributed by atoms with Crippen molar-refractivity contribution in [3.63, 3.8) is 0 Å². The van der Waals surface area contributed by atoms with Crippen molar-refractivity contribution in [1.82, 2.24) is 10.2 Å². The molecule has 1 rings (SSSR count). The van der Waals surface area contributed by atoms with Crippen molar-refractivity contribution in [2.24, 2.45) is 5.73 Å². The Bertz CT molecular complexity index is 289. The van der Waals surface area contributed by atoms with E-state index in [1.54, 1.807) is 0 Å². The van der Waals surface area contributed by atoms with Crippen molar-refractivity contribution in [3.8, 4) is 0 Å². The Morgan fingerprint density at radius 1 is 1.47 bits per heavy atom. The number of thiocarbonyl (C=S) groups is 1. The van der Waals surface area contributed by atoms with Crippen molar-refractivity contribution in [2.45, 2.75) is 58.2 Å². The number of carbonyl (C=O) groups is 1. The second-order valence-electron chi connectivity index (χ2n) is 5.02. The Balaban J connectivity index is 2.50. The van der Waals surface area contributed by atoms with Gasteiger partial charge < -0.3 is 11.1 Å². The lowest BCUT2D eigenvalue weighted by Gasteiger charge is -2.28. The van der Waals surface area contributed by atoms with E-state index in [0.29, 0.717) is 17.5 Å². The highest BCUT2D eigenvalue weighted by Gasteiger charge is 2.34. The molecule has 0 aromatic heterocycles. The topological polar surface area (TPSA) is 58.4 Å². The largest absolute Gasteiger partial charge is 0.393 e. The number of rotatable bonds is 7. The van der Waals surface area contributed by atoms with Gasteiger partial charge in [-0.15, -0.1) is 0 Å². The molecule has 98 valence electrons. The van der Waals surface area contributed by atoms with Gasteiger partial charge in [0.15, 0.2) is 0 Å². The molecule has 0 aromatic carbocycles. The summed E-state index contributed by atoms with van der Waals surface area (Å²) in [5, 5.41) is 2.95. The zero-order chi connectivity index (χ0) is 13.0. The minimum Gasteiger partial charge on any atom is -0.393 e. The monoisotopic (exact) mass is 257 g/mol. The van der Waals surface area contributed by atoms with Crippen LogP contribution in [-0.2, 0) is 4.79 Å². The Labute approximate surface area is 109 Å². The molecule has 1 amide bonds. The van der Waals surface area contributed by atoms with Crippen LogP contribution in [0.5, 0.6) is 0 Å². The van der Waals surface area contributed by atoms with Gasteiger partial charge >= 0.3 is 0 Å². The third-order valence-corrected chi connectivity index (χ3v) is 3.14. The van der Waals surface area contributed by atoms with E-state index in [9.17, 15) is 4.79 Å². The molecule has 5 heteroatoms. The summed E-state index contributed by atoms with van der Waals surface area (Å²) in [5.41, 5.74) is 5.52. The van der Waals surface area contributed by atoms with Gasteiger partial charge in [0.25, 0.3) is 0 Å². The molecular weight excluding hydrogens is 234 g/mol. The first kappa shape index (κ1) is 14.4.